The van der Waals surface area contributed by atoms with Crippen molar-refractivity contribution < 1.29 is 28.2 Å². The van der Waals surface area contributed by atoms with Crippen molar-refractivity contribution in [2.24, 2.45) is 0 Å². The summed E-state index contributed by atoms with van der Waals surface area (Å²) in [6.45, 7) is 0.543. The number of ether oxygens (including phenoxy) is 1. The highest BCUT2D eigenvalue weighted by atomic mass is 32.2. The Hall–Kier alpha value is -1.84. The maximum absolute atomic E-state index is 12.0. The van der Waals surface area contributed by atoms with Crippen molar-refractivity contribution in [1.29, 1.82) is 0 Å². The largest absolute Gasteiger partial charge is 0.491 e. The third-order valence-electron chi connectivity index (χ3n) is 4.62. The van der Waals surface area contributed by atoms with Gasteiger partial charge in [-0.2, -0.15) is 0 Å². The molecule has 1 rings (SSSR count). The van der Waals surface area contributed by atoms with Crippen LogP contribution in [0.15, 0.2) is 24.3 Å². The number of sulfonamides is 1. The number of carboxylic acids is 1. The lowest BCUT2D eigenvalue weighted by molar-refractivity contribution is -0.137. The molecule has 0 aliphatic heterocycles. The monoisotopic (exact) mass is 444 g/mol. The standard InChI is InChI=1S/C21H36N2O6S/c1-23(2)18-10-9-12-20(16-18)29-17-19(24)11-6-8-15-30(27,28)22-14-7-4-3-5-13-21(25)26/h9-10,12,16,19,22,24H,3-8,11,13-15,17H2,1-2H3,(H,25,26). The Morgan fingerprint density at radius 3 is 2.57 bits per heavy atom. The lowest BCUT2D eigenvalue weighted by Gasteiger charge is -2.16. The van der Waals surface area contributed by atoms with Crippen molar-refractivity contribution in [2.45, 2.75) is 57.5 Å². The third-order valence-corrected chi connectivity index (χ3v) is 6.09. The molecule has 9 heteroatoms. The van der Waals surface area contributed by atoms with Crippen LogP contribution in [0.25, 0.3) is 0 Å². The smallest absolute Gasteiger partial charge is 0.303 e. The zero-order valence-electron chi connectivity index (χ0n) is 18.0. The summed E-state index contributed by atoms with van der Waals surface area (Å²) in [4.78, 5) is 12.4. The summed E-state index contributed by atoms with van der Waals surface area (Å²) in [6.07, 6.45) is 3.97. The quantitative estimate of drug-likeness (QED) is 0.316. The molecule has 30 heavy (non-hydrogen) atoms. The van der Waals surface area contributed by atoms with Gasteiger partial charge in [-0.1, -0.05) is 18.9 Å². The molecule has 0 aromatic heterocycles. The van der Waals surface area contributed by atoms with E-state index in [1.165, 1.54) is 0 Å². The van der Waals surface area contributed by atoms with Gasteiger partial charge in [0, 0.05) is 38.8 Å². The van der Waals surface area contributed by atoms with Crippen molar-refractivity contribution in [3.8, 4) is 5.75 Å². The van der Waals surface area contributed by atoms with Crippen molar-refractivity contribution in [3.63, 3.8) is 0 Å². The number of aliphatic carboxylic acids is 1. The summed E-state index contributed by atoms with van der Waals surface area (Å²) >= 11 is 0. The molecule has 0 aliphatic rings. The lowest BCUT2D eigenvalue weighted by Crippen LogP contribution is -2.27. The molecule has 0 amide bonds. The lowest BCUT2D eigenvalue weighted by atomic mass is 10.1. The van der Waals surface area contributed by atoms with Crippen molar-refractivity contribution in [2.75, 3.05) is 37.9 Å². The first-order valence-electron chi connectivity index (χ1n) is 10.5. The zero-order valence-corrected chi connectivity index (χ0v) is 18.9. The molecule has 0 saturated heterocycles. The Morgan fingerprint density at radius 1 is 1.13 bits per heavy atom. The van der Waals surface area contributed by atoms with Gasteiger partial charge in [0.2, 0.25) is 10.0 Å². The summed E-state index contributed by atoms with van der Waals surface area (Å²) < 4.78 is 32.1. The van der Waals surface area contributed by atoms with Gasteiger partial charge in [-0.05, 0) is 44.2 Å². The molecule has 0 bridgehead atoms. The second kappa shape index (κ2) is 14.2. The van der Waals surface area contributed by atoms with Crippen LogP contribution in [0.2, 0.25) is 0 Å². The van der Waals surface area contributed by atoms with Crippen LogP contribution in [0.1, 0.15) is 51.4 Å². The number of anilines is 1. The van der Waals surface area contributed by atoms with E-state index in [-0.39, 0.29) is 18.8 Å². The zero-order chi connectivity index (χ0) is 22.4. The van der Waals surface area contributed by atoms with Crippen LogP contribution in [0.3, 0.4) is 0 Å². The summed E-state index contributed by atoms with van der Waals surface area (Å²) in [7, 11) is 0.572. The van der Waals surface area contributed by atoms with Crippen LogP contribution in [-0.4, -0.2) is 63.7 Å². The second-order valence-electron chi connectivity index (χ2n) is 7.62. The highest BCUT2D eigenvalue weighted by molar-refractivity contribution is 7.89. The molecule has 0 heterocycles. The number of nitrogens with zero attached hydrogens (tertiary/aromatic N) is 1. The van der Waals surface area contributed by atoms with Crippen molar-refractivity contribution >= 4 is 21.7 Å². The van der Waals surface area contributed by atoms with Crippen LogP contribution in [0, 0.1) is 0 Å². The van der Waals surface area contributed by atoms with Gasteiger partial charge in [-0.25, -0.2) is 13.1 Å². The number of carboxylic acid groups (broad SMARTS) is 1. The molecule has 1 unspecified atom stereocenters. The summed E-state index contributed by atoms with van der Waals surface area (Å²) in [5, 5.41) is 18.6. The predicted octanol–water partition coefficient (Wildman–Crippen LogP) is 2.62. The van der Waals surface area contributed by atoms with Gasteiger partial charge in [0.15, 0.2) is 0 Å². The van der Waals surface area contributed by atoms with E-state index in [1.54, 1.807) is 0 Å². The third kappa shape index (κ3) is 12.7. The topological polar surface area (TPSA) is 116 Å². The van der Waals surface area contributed by atoms with Gasteiger partial charge in [0.1, 0.15) is 12.4 Å². The Kier molecular flexibility index (Phi) is 12.4. The number of hydrogen-bond acceptors (Lipinski definition) is 6. The summed E-state index contributed by atoms with van der Waals surface area (Å²) in [5.74, 6) is -0.0781. The van der Waals surface area contributed by atoms with E-state index in [4.69, 9.17) is 9.84 Å². The number of nitrogens with one attached hydrogen (secondary N) is 1. The first-order valence-corrected chi connectivity index (χ1v) is 12.1. The minimum absolute atomic E-state index is 0.0322. The molecule has 1 aromatic rings. The normalized spacial score (nSPS) is 12.5. The van der Waals surface area contributed by atoms with Gasteiger partial charge in [-0.3, -0.25) is 4.79 Å². The van der Waals surface area contributed by atoms with Gasteiger partial charge in [-0.15, -0.1) is 0 Å². The Bertz CT molecular complexity index is 724. The van der Waals surface area contributed by atoms with E-state index in [9.17, 15) is 18.3 Å². The molecule has 0 saturated carbocycles. The average Bonchev–Trinajstić information content (AvgIpc) is 2.69. The molecule has 0 spiro atoms. The minimum Gasteiger partial charge on any atom is -0.491 e. The van der Waals surface area contributed by atoms with Crippen molar-refractivity contribution in [1.82, 2.24) is 4.72 Å². The highest BCUT2D eigenvalue weighted by Gasteiger charge is 2.11. The molecular weight excluding hydrogens is 408 g/mol. The van der Waals surface area contributed by atoms with Crippen LogP contribution in [-0.2, 0) is 14.8 Å². The van der Waals surface area contributed by atoms with E-state index < -0.39 is 22.1 Å². The van der Waals surface area contributed by atoms with Crippen LogP contribution < -0.4 is 14.4 Å². The second-order valence-corrected chi connectivity index (χ2v) is 9.55. The Morgan fingerprint density at radius 2 is 1.87 bits per heavy atom. The van der Waals surface area contributed by atoms with Crippen molar-refractivity contribution in [3.05, 3.63) is 24.3 Å². The molecule has 8 nitrogen and oxygen atoms in total. The fourth-order valence-corrected chi connectivity index (χ4v) is 4.04. The van der Waals surface area contributed by atoms with Gasteiger partial charge >= 0.3 is 5.97 Å². The van der Waals surface area contributed by atoms with E-state index in [0.717, 1.165) is 18.5 Å². The van der Waals surface area contributed by atoms with E-state index in [0.29, 0.717) is 44.4 Å². The maximum Gasteiger partial charge on any atom is 0.303 e. The highest BCUT2D eigenvalue weighted by Crippen LogP contribution is 2.19. The number of aliphatic hydroxyl groups is 1. The fourth-order valence-electron chi connectivity index (χ4n) is 2.85. The SMILES string of the molecule is CN(C)c1cccc(OCC(O)CCCCS(=O)(=O)NCCCCCCC(=O)O)c1. The van der Waals surface area contributed by atoms with Gasteiger partial charge in [0.05, 0.1) is 11.9 Å². The molecular formula is C21H36N2O6S. The molecule has 0 aliphatic carbocycles. The number of carbonyl (C=O) groups is 1. The number of benzene rings is 1. The molecule has 172 valence electrons. The van der Waals surface area contributed by atoms with E-state index in [1.807, 2.05) is 43.3 Å². The van der Waals surface area contributed by atoms with Crippen LogP contribution >= 0.6 is 0 Å². The molecule has 1 atom stereocenters. The molecule has 0 radical (unpaired) electrons. The first-order chi connectivity index (χ1) is 14.2. The Labute approximate surface area is 180 Å². The van der Waals surface area contributed by atoms with E-state index >= 15 is 0 Å². The minimum atomic E-state index is -3.32. The molecule has 3 N–H and O–H groups in total. The summed E-state index contributed by atoms with van der Waals surface area (Å²) in [5.41, 5.74) is 1.01. The maximum atomic E-state index is 12.0. The number of hydrogen-bond donors (Lipinski definition) is 3. The molecule has 1 aromatic carbocycles. The number of rotatable bonds is 17. The Balaban J connectivity index is 2.12. The van der Waals surface area contributed by atoms with Crippen LogP contribution in [0.4, 0.5) is 5.69 Å². The van der Waals surface area contributed by atoms with E-state index in [2.05, 4.69) is 4.72 Å². The summed E-state index contributed by atoms with van der Waals surface area (Å²) in [6, 6.07) is 7.60. The number of aliphatic hydroxyl groups excluding tert-OH is 1. The first kappa shape index (κ1) is 26.2. The number of unbranched alkanes of at least 4 members (excludes halogenated alkanes) is 4. The van der Waals surface area contributed by atoms with Gasteiger partial charge in [0.25, 0.3) is 0 Å². The fraction of sp³-hybridized carbons (Fsp3) is 0.667. The predicted molar refractivity (Wildman–Crippen MR) is 119 cm³/mol. The van der Waals surface area contributed by atoms with Gasteiger partial charge < -0.3 is 19.8 Å². The molecule has 0 fully saturated rings. The van der Waals surface area contributed by atoms with Crippen LogP contribution in [0.5, 0.6) is 5.75 Å². The average molecular weight is 445 g/mol.